The summed E-state index contributed by atoms with van der Waals surface area (Å²) in [6.07, 6.45) is 0.776. The first kappa shape index (κ1) is 22.0. The van der Waals surface area contributed by atoms with Crippen LogP contribution in [0.15, 0.2) is 48.5 Å². The minimum atomic E-state index is -0.626. The number of carbonyl (C=O) groups is 3. The molecular formula is C23H18Br2ClFN2O3. The molecule has 3 fully saturated rings. The van der Waals surface area contributed by atoms with E-state index in [2.05, 4.69) is 31.9 Å². The molecule has 2 aromatic rings. The van der Waals surface area contributed by atoms with Crippen LogP contribution < -0.4 is 0 Å². The lowest BCUT2D eigenvalue weighted by Gasteiger charge is -2.31. The Morgan fingerprint density at radius 3 is 2.16 bits per heavy atom. The lowest BCUT2D eigenvalue weighted by Crippen LogP contribution is -2.50. The van der Waals surface area contributed by atoms with E-state index in [1.54, 1.807) is 30.3 Å². The van der Waals surface area contributed by atoms with Gasteiger partial charge in [0.05, 0.1) is 29.0 Å². The van der Waals surface area contributed by atoms with Crippen molar-refractivity contribution in [2.24, 2.45) is 23.7 Å². The maximum absolute atomic E-state index is 14.5. The summed E-state index contributed by atoms with van der Waals surface area (Å²) in [7, 11) is 0. The van der Waals surface area contributed by atoms with E-state index in [9.17, 15) is 18.8 Å². The fourth-order valence-electron chi connectivity index (χ4n) is 5.37. The molecule has 3 aliphatic rings. The Morgan fingerprint density at radius 2 is 1.56 bits per heavy atom. The van der Waals surface area contributed by atoms with E-state index in [4.69, 9.17) is 11.6 Å². The van der Waals surface area contributed by atoms with Gasteiger partial charge in [-0.1, -0.05) is 73.8 Å². The zero-order chi connectivity index (χ0) is 22.7. The molecule has 2 aliphatic carbocycles. The summed E-state index contributed by atoms with van der Waals surface area (Å²) in [6.45, 7) is -0.265. The predicted molar refractivity (Wildman–Crippen MR) is 124 cm³/mol. The van der Waals surface area contributed by atoms with Crippen LogP contribution in [0.2, 0.25) is 5.02 Å². The van der Waals surface area contributed by atoms with Gasteiger partial charge in [0.15, 0.2) is 0 Å². The third-order valence-corrected chi connectivity index (χ3v) is 10.4. The van der Waals surface area contributed by atoms with E-state index in [1.165, 1.54) is 18.2 Å². The van der Waals surface area contributed by atoms with Gasteiger partial charge >= 0.3 is 0 Å². The summed E-state index contributed by atoms with van der Waals surface area (Å²) in [4.78, 5) is 40.7. The normalized spacial score (nSPS) is 30.7. The molecule has 32 heavy (non-hydrogen) atoms. The van der Waals surface area contributed by atoms with E-state index >= 15 is 0 Å². The number of fused-ring (bicyclic) bond motifs is 5. The van der Waals surface area contributed by atoms with E-state index < -0.39 is 35.4 Å². The van der Waals surface area contributed by atoms with Crippen LogP contribution in [-0.4, -0.2) is 37.4 Å². The van der Waals surface area contributed by atoms with E-state index in [1.807, 2.05) is 0 Å². The molecule has 0 unspecified atom stereocenters. The highest BCUT2D eigenvalue weighted by atomic mass is 79.9. The van der Waals surface area contributed by atoms with Crippen LogP contribution in [0.4, 0.5) is 4.39 Å². The highest BCUT2D eigenvalue weighted by molar-refractivity contribution is 9.12. The zero-order valence-electron chi connectivity index (χ0n) is 16.6. The van der Waals surface area contributed by atoms with Crippen molar-refractivity contribution in [1.82, 2.24) is 10.0 Å². The third-order valence-electron chi connectivity index (χ3n) is 6.82. The summed E-state index contributed by atoms with van der Waals surface area (Å²) in [5, 5.41) is 2.18. The minimum Gasteiger partial charge on any atom is -0.272 e. The maximum Gasteiger partial charge on any atom is 0.274 e. The summed E-state index contributed by atoms with van der Waals surface area (Å²) in [5.41, 5.74) is 0.341. The molecule has 1 saturated heterocycles. The third kappa shape index (κ3) is 3.25. The van der Waals surface area contributed by atoms with Crippen molar-refractivity contribution >= 4 is 61.2 Å². The molecule has 0 radical (unpaired) electrons. The molecule has 0 spiro atoms. The molecule has 2 bridgehead atoms. The molecule has 2 aromatic carbocycles. The predicted octanol–water partition coefficient (Wildman–Crippen LogP) is 4.81. The van der Waals surface area contributed by atoms with Gasteiger partial charge in [0.25, 0.3) is 17.7 Å². The fraction of sp³-hybridized carbons (Fsp3) is 0.348. The summed E-state index contributed by atoms with van der Waals surface area (Å²) in [6, 6.07) is 12.4. The number of hydrazine groups is 1. The smallest absolute Gasteiger partial charge is 0.272 e. The first-order valence-corrected chi connectivity index (χ1v) is 12.5. The van der Waals surface area contributed by atoms with Gasteiger partial charge in [0, 0.05) is 15.2 Å². The van der Waals surface area contributed by atoms with Crippen molar-refractivity contribution in [2.45, 2.75) is 22.6 Å². The lowest BCUT2D eigenvalue weighted by molar-refractivity contribution is -0.156. The van der Waals surface area contributed by atoms with Gasteiger partial charge in [-0.05, 0) is 36.5 Å². The number of nitrogens with zero attached hydrogens (tertiary/aromatic N) is 2. The highest BCUT2D eigenvalue weighted by Gasteiger charge is 2.67. The standard InChI is InChI=1S/C23H18Br2ClFN2O3/c24-19-13-9-14(20(19)25)18-17(13)22(31)29(23(18)32)28(10-11-5-1-4-8-16(11)27)21(30)12-6-2-3-7-15(12)26/h1-8,13-14,17-20H,9-10H2/t13-,14-,17-,18+,19-,20+/m1/s1. The SMILES string of the molecule is O=C(c1ccccc1Cl)N(Cc1ccccc1F)N1C(=O)[C@@H]2[C@H]3C[C@@H]([C@H](Br)[C@@H]3Br)[C@@H]2C1=O. The number of benzene rings is 2. The number of imide groups is 1. The van der Waals surface area contributed by atoms with Crippen LogP contribution in [0.1, 0.15) is 22.3 Å². The number of hydrogen-bond donors (Lipinski definition) is 0. The molecule has 3 amide bonds. The zero-order valence-corrected chi connectivity index (χ0v) is 20.6. The van der Waals surface area contributed by atoms with E-state index in [0.717, 1.165) is 16.4 Å². The van der Waals surface area contributed by atoms with Crippen LogP contribution in [0.5, 0.6) is 0 Å². The van der Waals surface area contributed by atoms with Crippen LogP contribution in [0, 0.1) is 29.5 Å². The van der Waals surface area contributed by atoms with Crippen LogP contribution in [0.25, 0.3) is 0 Å². The minimum absolute atomic E-state index is 0.00144. The molecule has 9 heteroatoms. The number of rotatable bonds is 4. The second-order valence-corrected chi connectivity index (χ2v) is 10.9. The van der Waals surface area contributed by atoms with Crippen LogP contribution in [0.3, 0.4) is 0 Å². The molecule has 1 aliphatic heterocycles. The molecule has 0 aromatic heterocycles. The van der Waals surface area contributed by atoms with Crippen molar-refractivity contribution in [2.75, 3.05) is 0 Å². The number of amides is 3. The molecule has 166 valence electrons. The molecule has 6 atom stereocenters. The molecule has 5 nitrogen and oxygen atoms in total. The number of carbonyl (C=O) groups excluding carboxylic acids is 3. The number of halogens is 4. The lowest BCUT2D eigenvalue weighted by atomic mass is 9.81. The molecule has 0 N–H and O–H groups in total. The average Bonchev–Trinajstić information content (AvgIpc) is 3.38. The van der Waals surface area contributed by atoms with Gasteiger partial charge in [-0.25, -0.2) is 9.40 Å². The average molecular weight is 585 g/mol. The van der Waals surface area contributed by atoms with Crippen LogP contribution >= 0.6 is 43.5 Å². The molecule has 5 rings (SSSR count). The summed E-state index contributed by atoms with van der Waals surface area (Å²) in [5.74, 6) is -2.95. The van der Waals surface area contributed by atoms with Crippen molar-refractivity contribution in [1.29, 1.82) is 0 Å². The monoisotopic (exact) mass is 582 g/mol. The summed E-state index contributed by atoms with van der Waals surface area (Å²) >= 11 is 13.6. The summed E-state index contributed by atoms with van der Waals surface area (Å²) < 4.78 is 14.5. The Kier molecular flexibility index (Phi) is 5.66. The quantitative estimate of drug-likeness (QED) is 0.383. The first-order chi connectivity index (χ1) is 15.3. The maximum atomic E-state index is 14.5. The van der Waals surface area contributed by atoms with E-state index in [0.29, 0.717) is 0 Å². The van der Waals surface area contributed by atoms with Gasteiger partial charge in [-0.15, -0.1) is 0 Å². The second-order valence-electron chi connectivity index (χ2n) is 8.43. The van der Waals surface area contributed by atoms with Crippen molar-refractivity contribution in [3.63, 3.8) is 0 Å². The van der Waals surface area contributed by atoms with Gasteiger partial charge in [-0.3, -0.25) is 14.4 Å². The molecule has 1 heterocycles. The van der Waals surface area contributed by atoms with E-state index in [-0.39, 0.29) is 44.2 Å². The first-order valence-electron chi connectivity index (χ1n) is 10.3. The molecule has 2 saturated carbocycles. The fourth-order valence-corrected chi connectivity index (χ4v) is 7.46. The molecular weight excluding hydrogens is 567 g/mol. The number of alkyl halides is 2. The largest absolute Gasteiger partial charge is 0.274 e. The number of hydrogen-bond acceptors (Lipinski definition) is 3. The van der Waals surface area contributed by atoms with Gasteiger partial charge in [0.1, 0.15) is 5.82 Å². The Morgan fingerprint density at radius 1 is 1.00 bits per heavy atom. The topological polar surface area (TPSA) is 57.7 Å². The Hall–Kier alpha value is -1.77. The highest BCUT2D eigenvalue weighted by Crippen LogP contribution is 2.60. The Labute approximate surface area is 206 Å². The Balaban J connectivity index is 1.56. The Bertz CT molecular complexity index is 1100. The van der Waals surface area contributed by atoms with Crippen molar-refractivity contribution in [3.05, 3.63) is 70.5 Å². The second kappa shape index (κ2) is 8.22. The van der Waals surface area contributed by atoms with Gasteiger partial charge in [-0.2, -0.15) is 5.01 Å². The van der Waals surface area contributed by atoms with Crippen molar-refractivity contribution in [3.8, 4) is 0 Å². The van der Waals surface area contributed by atoms with Crippen molar-refractivity contribution < 1.29 is 18.8 Å². The van der Waals surface area contributed by atoms with Gasteiger partial charge < -0.3 is 0 Å². The van der Waals surface area contributed by atoms with Gasteiger partial charge in [0.2, 0.25) is 0 Å². The van der Waals surface area contributed by atoms with Crippen LogP contribution in [-0.2, 0) is 16.1 Å².